The van der Waals surface area contributed by atoms with Gasteiger partial charge in [0.2, 0.25) is 5.76 Å². The SMILES string of the molecule is CCOC(=O)c1cc2ccc(S(=O)(=O)Nc3cc(Cl)cnc3N3CCC(OCC)CC3)cc2o1. The van der Waals surface area contributed by atoms with Gasteiger partial charge in [0.15, 0.2) is 5.82 Å². The number of benzene rings is 1. The first kappa shape index (κ1) is 24.3. The molecule has 2 aromatic heterocycles. The van der Waals surface area contributed by atoms with Crippen LogP contribution in [0.3, 0.4) is 0 Å². The normalized spacial score (nSPS) is 15.0. The fraction of sp³-hybridized carbons (Fsp3) is 0.391. The van der Waals surface area contributed by atoms with E-state index in [-0.39, 0.29) is 34.6 Å². The van der Waals surface area contributed by atoms with Crippen LogP contribution in [0.4, 0.5) is 11.5 Å². The van der Waals surface area contributed by atoms with Crippen LogP contribution in [0.1, 0.15) is 37.2 Å². The molecule has 9 nitrogen and oxygen atoms in total. The predicted molar refractivity (Wildman–Crippen MR) is 129 cm³/mol. The number of esters is 1. The van der Waals surface area contributed by atoms with Crippen molar-refractivity contribution in [1.82, 2.24) is 4.98 Å². The first-order valence-electron chi connectivity index (χ1n) is 11.1. The lowest BCUT2D eigenvalue weighted by atomic mass is 10.1. The van der Waals surface area contributed by atoms with Crippen LogP contribution in [-0.2, 0) is 19.5 Å². The minimum absolute atomic E-state index is 0.0103. The summed E-state index contributed by atoms with van der Waals surface area (Å²) < 4.78 is 45.2. The Labute approximate surface area is 203 Å². The van der Waals surface area contributed by atoms with Gasteiger partial charge in [0.1, 0.15) is 5.58 Å². The molecule has 1 fully saturated rings. The van der Waals surface area contributed by atoms with Gasteiger partial charge < -0.3 is 18.8 Å². The zero-order valence-electron chi connectivity index (χ0n) is 18.9. The number of anilines is 2. The molecular formula is C23H26ClN3O6S. The van der Waals surface area contributed by atoms with Crippen LogP contribution in [0.5, 0.6) is 0 Å². The predicted octanol–water partition coefficient (Wildman–Crippen LogP) is 4.46. The summed E-state index contributed by atoms with van der Waals surface area (Å²) in [5.74, 6) is -0.0910. The van der Waals surface area contributed by atoms with E-state index in [9.17, 15) is 13.2 Å². The average Bonchev–Trinajstić information content (AvgIpc) is 3.24. The van der Waals surface area contributed by atoms with E-state index in [1.54, 1.807) is 19.1 Å². The molecule has 4 rings (SSSR count). The van der Waals surface area contributed by atoms with Crippen molar-refractivity contribution in [2.75, 3.05) is 35.9 Å². The lowest BCUT2D eigenvalue weighted by molar-refractivity contribution is 0.0458. The number of hydrogen-bond acceptors (Lipinski definition) is 8. The Hall–Kier alpha value is -2.82. The summed E-state index contributed by atoms with van der Waals surface area (Å²) >= 11 is 6.14. The summed E-state index contributed by atoms with van der Waals surface area (Å²) in [6.07, 6.45) is 3.33. The quantitative estimate of drug-likeness (QED) is 0.445. The minimum atomic E-state index is -4.00. The number of hydrogen-bond donors (Lipinski definition) is 1. The maximum absolute atomic E-state index is 13.2. The number of nitrogens with one attached hydrogen (secondary N) is 1. The van der Waals surface area contributed by atoms with Crippen LogP contribution < -0.4 is 9.62 Å². The molecule has 1 saturated heterocycles. The van der Waals surface area contributed by atoms with Gasteiger partial charge in [-0.15, -0.1) is 0 Å². The van der Waals surface area contributed by atoms with Crippen LogP contribution in [0.2, 0.25) is 5.02 Å². The highest BCUT2D eigenvalue weighted by Gasteiger charge is 2.25. The van der Waals surface area contributed by atoms with Crippen LogP contribution in [0.15, 0.2) is 45.8 Å². The Morgan fingerprint density at radius 1 is 1.21 bits per heavy atom. The highest BCUT2D eigenvalue weighted by atomic mass is 35.5. The maximum Gasteiger partial charge on any atom is 0.374 e. The van der Waals surface area contributed by atoms with Crippen molar-refractivity contribution in [2.45, 2.75) is 37.7 Å². The number of pyridine rings is 1. The van der Waals surface area contributed by atoms with E-state index in [1.807, 2.05) is 11.8 Å². The Morgan fingerprint density at radius 3 is 2.68 bits per heavy atom. The summed E-state index contributed by atoms with van der Waals surface area (Å²) in [5.41, 5.74) is 0.544. The molecule has 182 valence electrons. The Morgan fingerprint density at radius 2 is 1.97 bits per heavy atom. The van der Waals surface area contributed by atoms with Gasteiger partial charge in [-0.25, -0.2) is 18.2 Å². The summed E-state index contributed by atoms with van der Waals surface area (Å²) in [7, 11) is -4.00. The van der Waals surface area contributed by atoms with E-state index in [1.165, 1.54) is 24.4 Å². The van der Waals surface area contributed by atoms with E-state index >= 15 is 0 Å². The number of halogens is 1. The van der Waals surface area contributed by atoms with Gasteiger partial charge in [-0.3, -0.25) is 4.72 Å². The van der Waals surface area contributed by atoms with Crippen molar-refractivity contribution < 1.29 is 27.1 Å². The molecule has 3 heterocycles. The second-order valence-corrected chi connectivity index (χ2v) is 9.92. The molecule has 0 amide bonds. The number of aromatic nitrogens is 1. The smallest absolute Gasteiger partial charge is 0.374 e. The number of carbonyl (C=O) groups excluding carboxylic acids is 1. The molecule has 0 saturated carbocycles. The van der Waals surface area contributed by atoms with Crippen molar-refractivity contribution >= 4 is 50.1 Å². The molecule has 1 aliphatic heterocycles. The van der Waals surface area contributed by atoms with Gasteiger partial charge in [-0.05, 0) is 51.0 Å². The zero-order chi connectivity index (χ0) is 24.3. The third kappa shape index (κ3) is 5.29. The number of ether oxygens (including phenoxy) is 2. The van der Waals surface area contributed by atoms with Gasteiger partial charge in [0.05, 0.1) is 28.3 Å². The monoisotopic (exact) mass is 507 g/mol. The van der Waals surface area contributed by atoms with E-state index in [0.717, 1.165) is 12.8 Å². The van der Waals surface area contributed by atoms with Crippen LogP contribution in [0.25, 0.3) is 11.0 Å². The number of carbonyl (C=O) groups is 1. The molecule has 11 heteroatoms. The summed E-state index contributed by atoms with van der Waals surface area (Å²) in [6, 6.07) is 7.44. The fourth-order valence-corrected chi connectivity index (χ4v) is 5.14. The molecule has 3 aromatic rings. The number of furan rings is 1. The molecule has 0 radical (unpaired) electrons. The second-order valence-electron chi connectivity index (χ2n) is 7.80. The maximum atomic E-state index is 13.2. The largest absolute Gasteiger partial charge is 0.460 e. The highest BCUT2D eigenvalue weighted by Crippen LogP contribution is 2.32. The highest BCUT2D eigenvalue weighted by molar-refractivity contribution is 7.92. The van der Waals surface area contributed by atoms with Crippen LogP contribution >= 0.6 is 11.6 Å². The number of fused-ring (bicyclic) bond motifs is 1. The van der Waals surface area contributed by atoms with Crippen LogP contribution in [0, 0.1) is 0 Å². The van der Waals surface area contributed by atoms with Crippen molar-refractivity contribution in [3.63, 3.8) is 0 Å². The summed E-state index contributed by atoms with van der Waals surface area (Å²) in [5, 5.41) is 0.899. The zero-order valence-corrected chi connectivity index (χ0v) is 20.5. The first-order valence-corrected chi connectivity index (χ1v) is 12.9. The molecule has 1 N–H and O–H groups in total. The van der Waals surface area contributed by atoms with E-state index in [4.69, 9.17) is 25.5 Å². The summed E-state index contributed by atoms with van der Waals surface area (Å²) in [6.45, 7) is 5.90. The molecule has 0 unspecified atom stereocenters. The van der Waals surface area contributed by atoms with Crippen molar-refractivity contribution in [3.05, 3.63) is 47.3 Å². The topological polar surface area (TPSA) is 111 Å². The molecular weight excluding hydrogens is 482 g/mol. The van der Waals surface area contributed by atoms with Gasteiger partial charge in [0, 0.05) is 37.3 Å². The molecule has 1 aliphatic rings. The van der Waals surface area contributed by atoms with E-state index in [0.29, 0.717) is 35.9 Å². The number of nitrogens with zero attached hydrogens (tertiary/aromatic N) is 2. The standard InChI is InChI=1S/C23H26ClN3O6S/c1-3-31-17-7-9-27(10-8-17)22-19(12-16(24)14-25-22)26-34(29,30)18-6-5-15-11-21(23(28)32-4-2)33-20(15)13-18/h5-6,11-14,17,26H,3-4,7-10H2,1-2H3. The molecule has 0 atom stereocenters. The van der Waals surface area contributed by atoms with Crippen LogP contribution in [-0.4, -0.2) is 51.8 Å². The van der Waals surface area contributed by atoms with Crippen molar-refractivity contribution in [2.24, 2.45) is 0 Å². The van der Waals surface area contributed by atoms with Gasteiger partial charge in [0.25, 0.3) is 10.0 Å². The van der Waals surface area contributed by atoms with Gasteiger partial charge in [-0.2, -0.15) is 0 Å². The third-order valence-electron chi connectivity index (χ3n) is 5.50. The Kier molecular flexibility index (Phi) is 7.30. The molecule has 0 aliphatic carbocycles. The first-order chi connectivity index (χ1) is 16.3. The van der Waals surface area contributed by atoms with E-state index in [2.05, 4.69) is 9.71 Å². The lowest BCUT2D eigenvalue weighted by Crippen LogP contribution is -2.38. The lowest BCUT2D eigenvalue weighted by Gasteiger charge is -2.33. The van der Waals surface area contributed by atoms with Crippen molar-refractivity contribution in [1.29, 1.82) is 0 Å². The van der Waals surface area contributed by atoms with E-state index < -0.39 is 16.0 Å². The fourth-order valence-electron chi connectivity index (χ4n) is 3.91. The second kappa shape index (κ2) is 10.2. The summed E-state index contributed by atoms with van der Waals surface area (Å²) in [4.78, 5) is 18.3. The average molecular weight is 508 g/mol. The number of rotatable bonds is 8. The van der Waals surface area contributed by atoms with Gasteiger partial charge in [-0.1, -0.05) is 11.6 Å². The molecule has 34 heavy (non-hydrogen) atoms. The molecule has 0 bridgehead atoms. The van der Waals surface area contributed by atoms with Gasteiger partial charge >= 0.3 is 5.97 Å². The number of sulfonamides is 1. The minimum Gasteiger partial charge on any atom is -0.460 e. The molecule has 1 aromatic carbocycles. The Balaban J connectivity index is 1.59. The number of piperidine rings is 1. The third-order valence-corrected chi connectivity index (χ3v) is 7.07. The Bertz CT molecular complexity index is 1290. The van der Waals surface area contributed by atoms with Crippen molar-refractivity contribution in [3.8, 4) is 0 Å². The molecule has 0 spiro atoms.